The van der Waals surface area contributed by atoms with Gasteiger partial charge in [-0.05, 0) is 40.2 Å². The van der Waals surface area contributed by atoms with Gasteiger partial charge in [-0.3, -0.25) is 4.98 Å². The van der Waals surface area contributed by atoms with E-state index in [-0.39, 0.29) is 5.97 Å². The van der Waals surface area contributed by atoms with Crippen LogP contribution in [0.1, 0.15) is 34.6 Å². The molecule has 0 aliphatic carbocycles. The van der Waals surface area contributed by atoms with E-state index in [1.165, 1.54) is 26.6 Å². The molecule has 0 bridgehead atoms. The Hall–Kier alpha value is -2.05. The number of methoxy groups -OCH3 is 2. The van der Waals surface area contributed by atoms with Gasteiger partial charge in [-0.2, -0.15) is 0 Å². The van der Waals surface area contributed by atoms with Crippen molar-refractivity contribution >= 4 is 40.4 Å². The lowest BCUT2D eigenvalue weighted by Crippen LogP contribution is -2.15. The molecule has 0 aliphatic rings. The highest BCUT2D eigenvalue weighted by atomic mass is 79.9. The second kappa shape index (κ2) is 10.9. The van der Waals surface area contributed by atoms with Crippen molar-refractivity contribution in [3.63, 3.8) is 0 Å². The third kappa shape index (κ3) is 6.56. The van der Waals surface area contributed by atoms with Gasteiger partial charge in [0.1, 0.15) is 17.2 Å². The number of ether oxygens (including phenoxy) is 2. The Morgan fingerprint density at radius 3 is 1.89 bits per heavy atom. The van der Waals surface area contributed by atoms with E-state index in [2.05, 4.69) is 35.4 Å². The Bertz CT molecular complexity index is 836. The van der Waals surface area contributed by atoms with Crippen LogP contribution in [0.2, 0.25) is 0 Å². The molecular formula is C18H22BrN2O5P. The summed E-state index contributed by atoms with van der Waals surface area (Å²) in [4.78, 5) is 30.2. The van der Waals surface area contributed by atoms with Crippen LogP contribution < -0.4 is 5.44 Å². The molecule has 7 nitrogen and oxygen atoms in total. The highest BCUT2D eigenvalue weighted by molar-refractivity contribution is 9.10. The van der Waals surface area contributed by atoms with Crippen molar-refractivity contribution < 1.29 is 23.6 Å². The molecule has 2 heterocycles. The van der Waals surface area contributed by atoms with Gasteiger partial charge in [-0.25, -0.2) is 14.6 Å². The summed E-state index contributed by atoms with van der Waals surface area (Å²) in [5, 5.41) is 0. The topological polar surface area (TPSA) is 95.5 Å². The summed E-state index contributed by atoms with van der Waals surface area (Å²) in [6, 6.07) is 6.33. The zero-order valence-electron chi connectivity index (χ0n) is 15.6. The van der Waals surface area contributed by atoms with Crippen molar-refractivity contribution in [3.05, 3.63) is 52.4 Å². The molecule has 0 N–H and O–H groups in total. The Labute approximate surface area is 167 Å². The van der Waals surface area contributed by atoms with Gasteiger partial charge in [0.15, 0.2) is 0 Å². The Morgan fingerprint density at radius 1 is 0.963 bits per heavy atom. The maximum atomic E-state index is 12.4. The van der Waals surface area contributed by atoms with Crippen molar-refractivity contribution in [2.45, 2.75) is 13.8 Å². The van der Waals surface area contributed by atoms with Crippen LogP contribution in [0.5, 0.6) is 0 Å². The zero-order valence-corrected chi connectivity index (χ0v) is 18.1. The molecule has 27 heavy (non-hydrogen) atoms. The van der Waals surface area contributed by atoms with Gasteiger partial charge in [0.2, 0.25) is 0 Å². The maximum absolute atomic E-state index is 12.4. The van der Waals surface area contributed by atoms with Gasteiger partial charge < -0.3 is 14.0 Å². The minimum absolute atomic E-state index is 0.354. The van der Waals surface area contributed by atoms with E-state index >= 15 is 0 Å². The van der Waals surface area contributed by atoms with Crippen LogP contribution in [0.15, 0.2) is 41.3 Å². The average molecular weight is 457 g/mol. The standard InChI is InChI=1S/C11H16NO3P.C7H6BrNO2/c1-4-16(14,5-2)10-8-9(6-7-12-10)11(13)15-3;1-11-7(10)5-2-3-9-6(8)4-5/h6-8H,4-5H2,1-3H3;2-4H,1H3. The lowest BCUT2D eigenvalue weighted by atomic mass is 10.3. The molecule has 0 spiro atoms. The molecule has 0 saturated carbocycles. The number of esters is 2. The molecule has 2 rings (SSSR count). The smallest absolute Gasteiger partial charge is 0.337 e. The Balaban J connectivity index is 0.000000289. The van der Waals surface area contributed by atoms with Crippen LogP contribution in [-0.2, 0) is 14.0 Å². The van der Waals surface area contributed by atoms with E-state index in [1.54, 1.807) is 24.3 Å². The minimum atomic E-state index is -2.43. The molecule has 9 heteroatoms. The van der Waals surface area contributed by atoms with E-state index in [0.29, 0.717) is 33.5 Å². The fraction of sp³-hybridized carbons (Fsp3) is 0.333. The molecule has 146 valence electrons. The zero-order chi connectivity index (χ0) is 20.4. The van der Waals surface area contributed by atoms with Crippen molar-refractivity contribution in [1.82, 2.24) is 9.97 Å². The summed E-state index contributed by atoms with van der Waals surface area (Å²) < 4.78 is 22.1. The second-order valence-corrected chi connectivity index (χ2v) is 9.59. The number of rotatable bonds is 5. The van der Waals surface area contributed by atoms with Crippen molar-refractivity contribution in [1.29, 1.82) is 0 Å². The molecule has 0 fully saturated rings. The number of halogens is 1. The summed E-state index contributed by atoms with van der Waals surface area (Å²) in [7, 11) is 0.235. The summed E-state index contributed by atoms with van der Waals surface area (Å²) in [6.07, 6.45) is 4.15. The minimum Gasteiger partial charge on any atom is -0.465 e. The van der Waals surface area contributed by atoms with Crippen LogP contribution in [0.3, 0.4) is 0 Å². The van der Waals surface area contributed by atoms with Gasteiger partial charge in [-0.1, -0.05) is 13.8 Å². The Morgan fingerprint density at radius 2 is 1.44 bits per heavy atom. The third-order valence-corrected chi connectivity index (χ3v) is 7.31. The van der Waals surface area contributed by atoms with Crippen molar-refractivity contribution in [2.75, 3.05) is 26.5 Å². The van der Waals surface area contributed by atoms with Crippen LogP contribution in [0.4, 0.5) is 0 Å². The SMILES string of the molecule is CCP(=O)(CC)c1cc(C(=O)OC)ccn1.COC(=O)c1ccnc(Br)c1. The summed E-state index contributed by atoms with van der Waals surface area (Å²) in [6.45, 7) is 3.74. The predicted octanol–water partition coefficient (Wildman–Crippen LogP) is 3.53. The molecule has 0 unspecified atom stereocenters. The van der Waals surface area contributed by atoms with E-state index in [4.69, 9.17) is 0 Å². The van der Waals surface area contributed by atoms with Gasteiger partial charge in [0.05, 0.1) is 25.3 Å². The number of carbonyl (C=O) groups is 2. The molecule has 2 aromatic rings. The number of hydrogen-bond acceptors (Lipinski definition) is 7. The number of carbonyl (C=O) groups excluding carboxylic acids is 2. The van der Waals surface area contributed by atoms with Crippen molar-refractivity contribution in [3.8, 4) is 0 Å². The number of hydrogen-bond donors (Lipinski definition) is 0. The van der Waals surface area contributed by atoms with Crippen LogP contribution >= 0.6 is 23.1 Å². The van der Waals surface area contributed by atoms with Crippen LogP contribution in [0, 0.1) is 0 Å². The predicted molar refractivity (Wildman–Crippen MR) is 107 cm³/mol. The maximum Gasteiger partial charge on any atom is 0.337 e. The summed E-state index contributed by atoms with van der Waals surface area (Å²) >= 11 is 3.14. The Kier molecular flexibility index (Phi) is 9.32. The largest absolute Gasteiger partial charge is 0.465 e. The number of pyridine rings is 2. The van der Waals surface area contributed by atoms with Gasteiger partial charge in [0, 0.05) is 24.7 Å². The van der Waals surface area contributed by atoms with Crippen LogP contribution in [0.25, 0.3) is 0 Å². The van der Waals surface area contributed by atoms with Gasteiger partial charge >= 0.3 is 11.9 Å². The lowest BCUT2D eigenvalue weighted by molar-refractivity contribution is 0.0591. The normalized spacial score (nSPS) is 10.4. The monoisotopic (exact) mass is 456 g/mol. The van der Waals surface area contributed by atoms with E-state index in [9.17, 15) is 14.2 Å². The highest BCUT2D eigenvalue weighted by Crippen LogP contribution is 2.42. The van der Waals surface area contributed by atoms with E-state index in [0.717, 1.165) is 0 Å². The van der Waals surface area contributed by atoms with Crippen molar-refractivity contribution in [2.24, 2.45) is 0 Å². The summed E-state index contributed by atoms with van der Waals surface area (Å²) in [5.74, 6) is -0.782. The molecule has 0 amide bonds. The first-order valence-electron chi connectivity index (χ1n) is 8.14. The lowest BCUT2D eigenvalue weighted by Gasteiger charge is -2.13. The first kappa shape index (κ1) is 23.0. The van der Waals surface area contributed by atoms with Gasteiger partial charge in [-0.15, -0.1) is 0 Å². The quantitative estimate of drug-likeness (QED) is 0.385. The molecule has 0 radical (unpaired) electrons. The van der Waals surface area contributed by atoms with Crippen LogP contribution in [-0.4, -0.2) is 48.4 Å². The number of aromatic nitrogens is 2. The molecule has 0 saturated heterocycles. The molecule has 0 aliphatic heterocycles. The molecule has 2 aromatic heterocycles. The highest BCUT2D eigenvalue weighted by Gasteiger charge is 2.22. The molecule has 0 atom stereocenters. The molecular weight excluding hydrogens is 435 g/mol. The van der Waals surface area contributed by atoms with Gasteiger partial charge in [0.25, 0.3) is 0 Å². The summed E-state index contributed by atoms with van der Waals surface area (Å²) in [5.41, 5.74) is 1.41. The van der Waals surface area contributed by atoms with E-state index in [1.807, 2.05) is 13.8 Å². The average Bonchev–Trinajstić information content (AvgIpc) is 2.72. The fourth-order valence-electron chi connectivity index (χ4n) is 2.08. The number of nitrogens with zero attached hydrogens (tertiary/aromatic N) is 2. The fourth-order valence-corrected chi connectivity index (χ4v) is 4.19. The van der Waals surface area contributed by atoms with E-state index < -0.39 is 13.1 Å². The first-order chi connectivity index (χ1) is 12.8. The second-order valence-electron chi connectivity index (χ2n) is 5.27. The first-order valence-corrected chi connectivity index (χ1v) is 11.0. The third-order valence-electron chi connectivity index (χ3n) is 3.75. The molecule has 0 aromatic carbocycles.